The van der Waals surface area contributed by atoms with Crippen LogP contribution in [0, 0.1) is 5.41 Å². The van der Waals surface area contributed by atoms with Gasteiger partial charge in [0.1, 0.15) is 5.75 Å². The molecule has 2 N–H and O–H groups in total. The fourth-order valence-electron chi connectivity index (χ4n) is 3.41. The summed E-state index contributed by atoms with van der Waals surface area (Å²) in [6.45, 7) is 5.91. The Morgan fingerprint density at radius 3 is 3.00 bits per heavy atom. The first-order valence-corrected chi connectivity index (χ1v) is 7.83. The number of para-hydroxylation sites is 1. The number of nitrogens with one attached hydrogen (secondary N) is 2. The first kappa shape index (κ1) is 14.4. The van der Waals surface area contributed by atoms with Crippen LogP contribution in [-0.4, -0.2) is 25.1 Å². The van der Waals surface area contributed by atoms with Crippen molar-refractivity contribution in [3.05, 3.63) is 29.8 Å². The third-order valence-electron chi connectivity index (χ3n) is 4.67. The van der Waals surface area contributed by atoms with Crippen molar-refractivity contribution in [1.29, 1.82) is 0 Å². The van der Waals surface area contributed by atoms with Crippen molar-refractivity contribution in [3.8, 4) is 5.75 Å². The van der Waals surface area contributed by atoms with E-state index in [0.717, 1.165) is 37.1 Å². The molecule has 0 saturated carbocycles. The zero-order chi connectivity index (χ0) is 14.9. The predicted octanol–water partition coefficient (Wildman–Crippen LogP) is 2.40. The van der Waals surface area contributed by atoms with Crippen molar-refractivity contribution in [2.75, 3.05) is 13.2 Å². The van der Waals surface area contributed by atoms with Crippen molar-refractivity contribution < 1.29 is 9.53 Å². The fraction of sp³-hybridized carbons (Fsp3) is 0.588. The van der Waals surface area contributed by atoms with Crippen LogP contribution >= 0.6 is 0 Å². The van der Waals surface area contributed by atoms with Gasteiger partial charge in [0.15, 0.2) is 0 Å². The summed E-state index contributed by atoms with van der Waals surface area (Å²) in [5.41, 5.74) is 1.10. The molecule has 1 amide bonds. The molecule has 0 aliphatic carbocycles. The minimum atomic E-state index is -0.110. The summed E-state index contributed by atoms with van der Waals surface area (Å²) in [5.74, 6) is 1.01. The number of fused-ring (bicyclic) bond motifs is 1. The van der Waals surface area contributed by atoms with Crippen molar-refractivity contribution in [1.82, 2.24) is 10.6 Å². The van der Waals surface area contributed by atoms with E-state index in [1.54, 1.807) is 0 Å². The Balaban J connectivity index is 1.74. The lowest BCUT2D eigenvalue weighted by atomic mass is 9.77. The molecule has 2 heterocycles. The van der Waals surface area contributed by atoms with Crippen LogP contribution in [0.2, 0.25) is 0 Å². The highest BCUT2D eigenvalue weighted by Gasteiger charge is 2.38. The molecule has 2 aliphatic rings. The summed E-state index contributed by atoms with van der Waals surface area (Å²) >= 11 is 0. The van der Waals surface area contributed by atoms with Gasteiger partial charge in [-0.3, -0.25) is 4.79 Å². The molecule has 1 aromatic rings. The van der Waals surface area contributed by atoms with Crippen LogP contribution in [0.4, 0.5) is 0 Å². The van der Waals surface area contributed by atoms with E-state index in [0.29, 0.717) is 6.61 Å². The average Bonchev–Trinajstić information content (AvgIpc) is 2.47. The van der Waals surface area contributed by atoms with Gasteiger partial charge in [-0.25, -0.2) is 0 Å². The molecule has 1 aromatic carbocycles. The summed E-state index contributed by atoms with van der Waals surface area (Å²) in [6, 6.07) is 7.92. The Kier molecular flexibility index (Phi) is 3.89. The molecule has 4 nitrogen and oxygen atoms in total. The van der Waals surface area contributed by atoms with Gasteiger partial charge in [-0.1, -0.05) is 32.0 Å². The van der Waals surface area contributed by atoms with Gasteiger partial charge in [-0.05, 0) is 30.9 Å². The van der Waals surface area contributed by atoms with E-state index in [9.17, 15) is 4.79 Å². The average molecular weight is 288 g/mol. The molecule has 2 aliphatic heterocycles. The Hall–Kier alpha value is -1.55. The number of ether oxygens (including phenoxy) is 1. The third kappa shape index (κ3) is 2.91. The van der Waals surface area contributed by atoms with Crippen molar-refractivity contribution in [2.45, 2.75) is 45.2 Å². The summed E-state index contributed by atoms with van der Waals surface area (Å²) < 4.78 is 5.65. The van der Waals surface area contributed by atoms with Gasteiger partial charge in [0.05, 0.1) is 18.7 Å². The normalized spacial score (nSPS) is 27.3. The molecular weight excluding hydrogens is 264 g/mol. The number of benzene rings is 1. The van der Waals surface area contributed by atoms with E-state index in [1.165, 1.54) is 0 Å². The molecule has 2 atom stereocenters. The second-order valence-corrected chi connectivity index (χ2v) is 6.72. The van der Waals surface area contributed by atoms with Gasteiger partial charge in [-0.15, -0.1) is 0 Å². The van der Waals surface area contributed by atoms with Crippen LogP contribution in [0.25, 0.3) is 0 Å². The topological polar surface area (TPSA) is 50.4 Å². The van der Waals surface area contributed by atoms with E-state index in [1.807, 2.05) is 24.3 Å². The molecule has 21 heavy (non-hydrogen) atoms. The molecule has 1 fully saturated rings. The maximum absolute atomic E-state index is 12.7. The predicted molar refractivity (Wildman–Crippen MR) is 82.2 cm³/mol. The minimum absolute atomic E-state index is 0.00696. The van der Waals surface area contributed by atoms with Crippen LogP contribution < -0.4 is 15.4 Å². The van der Waals surface area contributed by atoms with Crippen molar-refractivity contribution >= 4 is 5.91 Å². The molecule has 0 spiro atoms. The summed E-state index contributed by atoms with van der Waals surface area (Å²) in [5, 5.41) is 6.60. The molecule has 2 unspecified atom stereocenters. The lowest BCUT2D eigenvalue weighted by molar-refractivity contribution is -0.127. The van der Waals surface area contributed by atoms with E-state index in [-0.39, 0.29) is 23.4 Å². The number of amides is 1. The number of carbonyl (C=O) groups is 1. The first-order valence-electron chi connectivity index (χ1n) is 7.83. The highest BCUT2D eigenvalue weighted by molar-refractivity contribution is 5.83. The number of hydrogen-bond acceptors (Lipinski definition) is 3. The second kappa shape index (κ2) is 5.68. The second-order valence-electron chi connectivity index (χ2n) is 6.72. The molecule has 0 aromatic heterocycles. The number of piperidine rings is 1. The Morgan fingerprint density at radius 1 is 1.38 bits per heavy atom. The molecule has 0 radical (unpaired) electrons. The molecule has 114 valence electrons. The van der Waals surface area contributed by atoms with Crippen LogP contribution in [0.15, 0.2) is 24.3 Å². The lowest BCUT2D eigenvalue weighted by Crippen LogP contribution is -2.56. The van der Waals surface area contributed by atoms with E-state index < -0.39 is 0 Å². The summed E-state index contributed by atoms with van der Waals surface area (Å²) in [7, 11) is 0. The maximum Gasteiger partial charge on any atom is 0.238 e. The SMILES string of the molecule is CC1(C)CCCNC1C(=O)NC1CCOc2ccccc21. The molecule has 1 saturated heterocycles. The smallest absolute Gasteiger partial charge is 0.238 e. The number of hydrogen-bond donors (Lipinski definition) is 2. The number of rotatable bonds is 2. The van der Waals surface area contributed by atoms with Gasteiger partial charge in [-0.2, -0.15) is 0 Å². The maximum atomic E-state index is 12.7. The highest BCUT2D eigenvalue weighted by atomic mass is 16.5. The van der Waals surface area contributed by atoms with Crippen LogP contribution in [-0.2, 0) is 4.79 Å². The Morgan fingerprint density at radius 2 is 2.19 bits per heavy atom. The van der Waals surface area contributed by atoms with Gasteiger partial charge in [0.25, 0.3) is 0 Å². The van der Waals surface area contributed by atoms with Gasteiger partial charge < -0.3 is 15.4 Å². The van der Waals surface area contributed by atoms with Crippen LogP contribution in [0.5, 0.6) is 5.75 Å². The zero-order valence-electron chi connectivity index (χ0n) is 12.8. The molecule has 4 heteroatoms. The molecular formula is C17H24N2O2. The van der Waals surface area contributed by atoms with E-state index >= 15 is 0 Å². The lowest BCUT2D eigenvalue weighted by Gasteiger charge is -2.39. The Labute approximate surface area is 126 Å². The number of carbonyl (C=O) groups excluding carboxylic acids is 1. The minimum Gasteiger partial charge on any atom is -0.493 e. The summed E-state index contributed by atoms with van der Waals surface area (Å²) in [4.78, 5) is 12.7. The van der Waals surface area contributed by atoms with E-state index in [2.05, 4.69) is 24.5 Å². The van der Waals surface area contributed by atoms with Crippen LogP contribution in [0.3, 0.4) is 0 Å². The molecule has 0 bridgehead atoms. The Bertz CT molecular complexity index is 527. The van der Waals surface area contributed by atoms with Crippen molar-refractivity contribution in [3.63, 3.8) is 0 Å². The largest absolute Gasteiger partial charge is 0.493 e. The van der Waals surface area contributed by atoms with Gasteiger partial charge >= 0.3 is 0 Å². The van der Waals surface area contributed by atoms with Gasteiger partial charge in [0.2, 0.25) is 5.91 Å². The standard InChI is InChI=1S/C17H24N2O2/c1-17(2)9-5-10-18-15(17)16(20)19-13-8-11-21-14-7-4-3-6-12(13)14/h3-4,6-7,13,15,18H,5,8-11H2,1-2H3,(H,19,20). The zero-order valence-corrected chi connectivity index (χ0v) is 12.8. The third-order valence-corrected chi connectivity index (χ3v) is 4.67. The monoisotopic (exact) mass is 288 g/mol. The van der Waals surface area contributed by atoms with Gasteiger partial charge in [0, 0.05) is 12.0 Å². The first-order chi connectivity index (χ1) is 10.1. The van der Waals surface area contributed by atoms with E-state index in [4.69, 9.17) is 4.74 Å². The quantitative estimate of drug-likeness (QED) is 0.878. The summed E-state index contributed by atoms with van der Waals surface area (Å²) in [6.07, 6.45) is 3.05. The van der Waals surface area contributed by atoms with Crippen LogP contribution in [0.1, 0.15) is 44.7 Å². The molecule has 3 rings (SSSR count). The van der Waals surface area contributed by atoms with Crippen molar-refractivity contribution in [2.24, 2.45) is 5.41 Å². The highest BCUT2D eigenvalue weighted by Crippen LogP contribution is 2.33. The fourth-order valence-corrected chi connectivity index (χ4v) is 3.41.